The Hall–Kier alpha value is -1.13. The normalized spacial score (nSPS) is 25.1. The Morgan fingerprint density at radius 2 is 2.06 bits per heavy atom. The molecule has 2 atom stereocenters. The number of morpholine rings is 1. The molecule has 1 aromatic rings. The lowest BCUT2D eigenvalue weighted by atomic mass is 10.2. The molecule has 0 radical (unpaired) electrons. The molecule has 1 saturated heterocycles. The van der Waals surface area contributed by atoms with E-state index in [2.05, 4.69) is 35.7 Å². The Morgan fingerprint density at radius 1 is 1.33 bits per heavy atom. The standard InChI is InChI=1S/C14H23N3O/c1-12-10-17(11-13(2)18-12)9-8-16(3)14-6-4-5-7-15-14/h4-7,12-13H,8-11H2,1-3H3/t12-,13+. The average Bonchev–Trinajstić information content (AvgIpc) is 2.36. The van der Waals surface area contributed by atoms with Crippen LogP contribution in [0.15, 0.2) is 24.4 Å². The Morgan fingerprint density at radius 3 is 2.67 bits per heavy atom. The summed E-state index contributed by atoms with van der Waals surface area (Å²) < 4.78 is 5.74. The van der Waals surface area contributed by atoms with Crippen LogP contribution in [-0.2, 0) is 4.74 Å². The predicted octanol–water partition coefficient (Wildman–Crippen LogP) is 1.63. The molecule has 18 heavy (non-hydrogen) atoms. The van der Waals surface area contributed by atoms with Gasteiger partial charge in [0.05, 0.1) is 12.2 Å². The van der Waals surface area contributed by atoms with Gasteiger partial charge in [0, 0.05) is 39.4 Å². The number of pyridine rings is 1. The summed E-state index contributed by atoms with van der Waals surface area (Å²) in [7, 11) is 2.09. The maximum Gasteiger partial charge on any atom is 0.128 e. The molecule has 2 heterocycles. The van der Waals surface area contributed by atoms with Gasteiger partial charge in [-0.1, -0.05) is 6.07 Å². The molecule has 2 rings (SSSR count). The van der Waals surface area contributed by atoms with E-state index in [4.69, 9.17) is 4.74 Å². The zero-order valence-corrected chi connectivity index (χ0v) is 11.5. The number of anilines is 1. The molecule has 0 aliphatic carbocycles. The largest absolute Gasteiger partial charge is 0.373 e. The first-order valence-electron chi connectivity index (χ1n) is 6.65. The molecule has 0 saturated carbocycles. The van der Waals surface area contributed by atoms with E-state index in [1.807, 2.05) is 24.4 Å². The van der Waals surface area contributed by atoms with Gasteiger partial charge in [-0.15, -0.1) is 0 Å². The molecule has 1 aliphatic rings. The summed E-state index contributed by atoms with van der Waals surface area (Å²) in [6.45, 7) is 8.40. The van der Waals surface area contributed by atoms with Gasteiger partial charge in [0.25, 0.3) is 0 Å². The fraction of sp³-hybridized carbons (Fsp3) is 0.643. The summed E-state index contributed by atoms with van der Waals surface area (Å²) in [5.74, 6) is 1.03. The van der Waals surface area contributed by atoms with Gasteiger partial charge in [0.2, 0.25) is 0 Å². The van der Waals surface area contributed by atoms with Crippen LogP contribution in [0.4, 0.5) is 5.82 Å². The SMILES string of the molecule is C[C@@H]1CN(CCN(C)c2ccccn2)C[C@H](C)O1. The second-order valence-corrected chi connectivity index (χ2v) is 5.13. The Balaban J connectivity index is 1.81. The summed E-state index contributed by atoms with van der Waals surface area (Å²) in [6, 6.07) is 6.02. The molecule has 4 heteroatoms. The summed E-state index contributed by atoms with van der Waals surface area (Å²) in [4.78, 5) is 9.02. The van der Waals surface area contributed by atoms with Crippen molar-refractivity contribution in [1.29, 1.82) is 0 Å². The van der Waals surface area contributed by atoms with E-state index < -0.39 is 0 Å². The van der Waals surface area contributed by atoms with E-state index in [0.29, 0.717) is 12.2 Å². The van der Waals surface area contributed by atoms with Crippen molar-refractivity contribution in [2.75, 3.05) is 38.1 Å². The van der Waals surface area contributed by atoms with Crippen molar-refractivity contribution < 1.29 is 4.74 Å². The second kappa shape index (κ2) is 6.16. The predicted molar refractivity (Wildman–Crippen MR) is 74.0 cm³/mol. The summed E-state index contributed by atoms with van der Waals surface area (Å²) >= 11 is 0. The lowest BCUT2D eigenvalue weighted by molar-refractivity contribution is -0.0670. The third-order valence-electron chi connectivity index (χ3n) is 3.29. The van der Waals surface area contributed by atoms with Crippen LogP contribution in [0.5, 0.6) is 0 Å². The summed E-state index contributed by atoms with van der Waals surface area (Å²) in [6.07, 6.45) is 2.52. The van der Waals surface area contributed by atoms with Crippen molar-refractivity contribution in [3.63, 3.8) is 0 Å². The first-order chi connectivity index (χ1) is 8.65. The molecule has 0 amide bonds. The third-order valence-corrected chi connectivity index (χ3v) is 3.29. The van der Waals surface area contributed by atoms with Crippen molar-refractivity contribution in [1.82, 2.24) is 9.88 Å². The zero-order chi connectivity index (χ0) is 13.0. The first-order valence-corrected chi connectivity index (χ1v) is 6.65. The van der Waals surface area contributed by atoms with Gasteiger partial charge in [0.15, 0.2) is 0 Å². The molecule has 0 aromatic carbocycles. The first kappa shape index (κ1) is 13.3. The van der Waals surface area contributed by atoms with E-state index in [9.17, 15) is 0 Å². The quantitative estimate of drug-likeness (QED) is 0.811. The highest BCUT2D eigenvalue weighted by Crippen LogP contribution is 2.11. The Bertz CT molecular complexity index is 347. The minimum atomic E-state index is 0.342. The summed E-state index contributed by atoms with van der Waals surface area (Å²) in [5, 5.41) is 0. The van der Waals surface area contributed by atoms with Crippen molar-refractivity contribution in [3.8, 4) is 0 Å². The molecule has 0 unspecified atom stereocenters. The topological polar surface area (TPSA) is 28.6 Å². The molecule has 1 fully saturated rings. The highest BCUT2D eigenvalue weighted by molar-refractivity contribution is 5.36. The zero-order valence-electron chi connectivity index (χ0n) is 11.5. The molecule has 0 N–H and O–H groups in total. The van der Waals surface area contributed by atoms with Gasteiger partial charge < -0.3 is 9.64 Å². The second-order valence-electron chi connectivity index (χ2n) is 5.13. The number of hydrogen-bond donors (Lipinski definition) is 0. The highest BCUT2D eigenvalue weighted by atomic mass is 16.5. The Labute approximate surface area is 110 Å². The number of likely N-dealkylation sites (N-methyl/N-ethyl adjacent to an activating group) is 1. The van der Waals surface area contributed by atoms with Crippen LogP contribution in [0.25, 0.3) is 0 Å². The lowest BCUT2D eigenvalue weighted by Crippen LogP contribution is -2.47. The van der Waals surface area contributed by atoms with Gasteiger partial charge in [0.1, 0.15) is 5.82 Å². The maximum atomic E-state index is 5.74. The fourth-order valence-corrected chi connectivity index (χ4v) is 2.45. The van der Waals surface area contributed by atoms with Crippen molar-refractivity contribution in [3.05, 3.63) is 24.4 Å². The maximum absolute atomic E-state index is 5.74. The van der Waals surface area contributed by atoms with Gasteiger partial charge in [-0.25, -0.2) is 4.98 Å². The van der Waals surface area contributed by atoms with Gasteiger partial charge in [-0.05, 0) is 26.0 Å². The van der Waals surface area contributed by atoms with Crippen LogP contribution in [0.2, 0.25) is 0 Å². The van der Waals surface area contributed by atoms with E-state index in [1.165, 1.54) is 0 Å². The highest BCUT2D eigenvalue weighted by Gasteiger charge is 2.21. The molecule has 0 bridgehead atoms. The lowest BCUT2D eigenvalue weighted by Gasteiger charge is -2.36. The number of hydrogen-bond acceptors (Lipinski definition) is 4. The number of rotatable bonds is 4. The number of nitrogens with zero attached hydrogens (tertiary/aromatic N) is 3. The monoisotopic (exact) mass is 249 g/mol. The van der Waals surface area contributed by atoms with E-state index in [0.717, 1.165) is 32.0 Å². The number of ether oxygens (including phenoxy) is 1. The van der Waals surface area contributed by atoms with Crippen LogP contribution >= 0.6 is 0 Å². The molecule has 100 valence electrons. The van der Waals surface area contributed by atoms with Gasteiger partial charge in [-0.3, -0.25) is 4.90 Å². The molecule has 0 spiro atoms. The van der Waals surface area contributed by atoms with Crippen LogP contribution in [0, 0.1) is 0 Å². The van der Waals surface area contributed by atoms with Crippen LogP contribution < -0.4 is 4.90 Å². The Kier molecular flexibility index (Phi) is 4.55. The summed E-state index contributed by atoms with van der Waals surface area (Å²) in [5.41, 5.74) is 0. The van der Waals surface area contributed by atoms with Gasteiger partial charge in [-0.2, -0.15) is 0 Å². The molecular formula is C14H23N3O. The van der Waals surface area contributed by atoms with Crippen LogP contribution in [-0.4, -0.2) is 55.3 Å². The molecular weight excluding hydrogens is 226 g/mol. The molecule has 1 aliphatic heterocycles. The molecule has 1 aromatic heterocycles. The average molecular weight is 249 g/mol. The smallest absolute Gasteiger partial charge is 0.128 e. The van der Waals surface area contributed by atoms with Crippen LogP contribution in [0.1, 0.15) is 13.8 Å². The minimum absolute atomic E-state index is 0.342. The van der Waals surface area contributed by atoms with E-state index in [-0.39, 0.29) is 0 Å². The third kappa shape index (κ3) is 3.68. The van der Waals surface area contributed by atoms with Crippen LogP contribution in [0.3, 0.4) is 0 Å². The minimum Gasteiger partial charge on any atom is -0.373 e. The van der Waals surface area contributed by atoms with Crippen molar-refractivity contribution in [2.24, 2.45) is 0 Å². The fourth-order valence-electron chi connectivity index (χ4n) is 2.45. The number of aromatic nitrogens is 1. The van der Waals surface area contributed by atoms with Gasteiger partial charge >= 0.3 is 0 Å². The van der Waals surface area contributed by atoms with Crippen molar-refractivity contribution in [2.45, 2.75) is 26.1 Å². The molecule has 4 nitrogen and oxygen atoms in total. The van der Waals surface area contributed by atoms with E-state index in [1.54, 1.807) is 0 Å². The van der Waals surface area contributed by atoms with Crippen molar-refractivity contribution >= 4 is 5.82 Å². The van der Waals surface area contributed by atoms with E-state index >= 15 is 0 Å².